The van der Waals surface area contributed by atoms with Crippen LogP contribution in [0.4, 0.5) is 0 Å². The molecule has 0 aliphatic carbocycles. The summed E-state index contributed by atoms with van der Waals surface area (Å²) in [5, 5.41) is 1.20. The average molecular weight is 233 g/mol. The summed E-state index contributed by atoms with van der Waals surface area (Å²) in [6.45, 7) is 4.40. The van der Waals surface area contributed by atoms with Crippen molar-refractivity contribution in [1.29, 1.82) is 0 Å². The molecule has 0 saturated carbocycles. The number of hydrogen-bond acceptors (Lipinski definition) is 1. The molecule has 70 valence electrons. The van der Waals surface area contributed by atoms with Gasteiger partial charge in [0.05, 0.1) is 19.4 Å². The highest BCUT2D eigenvalue weighted by atomic mass is 35.5. The molecule has 0 aliphatic rings. The maximum absolute atomic E-state index is 10.8. The van der Waals surface area contributed by atoms with Crippen LogP contribution in [-0.4, -0.2) is 14.0 Å². The number of carbonyl (C=O) groups excluding carboxylic acids is 1. The van der Waals surface area contributed by atoms with Gasteiger partial charge in [-0.05, 0) is 23.7 Å². The number of hydrogen-bond donors (Lipinski definition) is 0. The minimum absolute atomic E-state index is 0.390. The lowest BCUT2D eigenvalue weighted by molar-refractivity contribution is 0.108. The minimum Gasteiger partial charge on any atom is -0.276 e. The van der Waals surface area contributed by atoms with E-state index in [0.717, 1.165) is 0 Å². The summed E-state index contributed by atoms with van der Waals surface area (Å²) in [6, 6.07) is 5.46. The van der Waals surface area contributed by atoms with E-state index in [-0.39, 0.29) is 0 Å². The fourth-order valence-electron chi connectivity index (χ4n) is 1.05. The molecule has 1 nitrogen and oxygen atoms in total. The number of carbonyl (C=O) groups is 1. The Morgan fingerprint density at radius 2 is 2.00 bits per heavy atom. The Balaban J connectivity index is 3.13. The van der Waals surface area contributed by atoms with Gasteiger partial charge in [-0.1, -0.05) is 35.9 Å². The summed E-state index contributed by atoms with van der Waals surface area (Å²) in [5.74, 6) is 0. The summed E-state index contributed by atoms with van der Waals surface area (Å²) < 4.78 is 0. The van der Waals surface area contributed by atoms with Crippen molar-refractivity contribution >= 4 is 42.4 Å². The summed E-state index contributed by atoms with van der Waals surface area (Å²) >= 11 is 11.2. The lowest BCUT2D eigenvalue weighted by Crippen LogP contribution is -2.22. The molecule has 0 fully saturated rings. The molecule has 0 heterocycles. The zero-order chi connectivity index (χ0) is 10.0. The molecule has 1 rings (SSSR count). The second-order valence-electron chi connectivity index (χ2n) is 3.17. The Hall–Kier alpha value is -0.313. The molecule has 0 unspecified atom stereocenters. The third-order valence-electron chi connectivity index (χ3n) is 1.87. The van der Waals surface area contributed by atoms with Gasteiger partial charge in [0.15, 0.2) is 0 Å². The first-order valence-electron chi connectivity index (χ1n) is 4.01. The van der Waals surface area contributed by atoms with Gasteiger partial charge in [0, 0.05) is 0 Å². The molecule has 4 heteroatoms. The standard InChI is InChI=1S/C9H10Cl2OSi/c1-13(2)6-3-4-7(9(11)12)8(10)5-6/h3-5,13H,1-2H3. The minimum atomic E-state index is -0.848. The van der Waals surface area contributed by atoms with Gasteiger partial charge < -0.3 is 0 Å². The number of benzene rings is 1. The van der Waals surface area contributed by atoms with Crippen molar-refractivity contribution in [3.63, 3.8) is 0 Å². The Bertz CT molecular complexity index is 336. The molecule has 0 atom stereocenters. The van der Waals surface area contributed by atoms with Gasteiger partial charge in [-0.25, -0.2) is 0 Å². The van der Waals surface area contributed by atoms with Gasteiger partial charge >= 0.3 is 0 Å². The van der Waals surface area contributed by atoms with E-state index >= 15 is 0 Å². The average Bonchev–Trinajstić information content (AvgIpc) is 2.03. The van der Waals surface area contributed by atoms with Crippen LogP contribution in [-0.2, 0) is 0 Å². The monoisotopic (exact) mass is 232 g/mol. The van der Waals surface area contributed by atoms with E-state index < -0.39 is 14.0 Å². The second-order valence-corrected chi connectivity index (χ2v) is 6.89. The predicted octanol–water partition coefficient (Wildman–Crippen LogP) is 2.41. The first kappa shape index (κ1) is 10.8. The molecule has 13 heavy (non-hydrogen) atoms. The summed E-state index contributed by atoms with van der Waals surface area (Å²) in [4.78, 5) is 10.8. The molecule has 0 saturated heterocycles. The van der Waals surface area contributed by atoms with E-state index in [2.05, 4.69) is 13.1 Å². The first-order valence-corrected chi connectivity index (χ1v) is 7.66. The quantitative estimate of drug-likeness (QED) is 0.566. The van der Waals surface area contributed by atoms with Crippen LogP contribution in [0.15, 0.2) is 18.2 Å². The highest BCUT2D eigenvalue weighted by molar-refractivity contribution is 6.71. The molecular formula is C9H10Cl2OSi. The van der Waals surface area contributed by atoms with Crippen molar-refractivity contribution in [3.05, 3.63) is 28.8 Å². The maximum Gasteiger partial charge on any atom is 0.253 e. The molecule has 0 N–H and O–H groups in total. The molecule has 0 amide bonds. The zero-order valence-electron chi connectivity index (χ0n) is 7.47. The van der Waals surface area contributed by atoms with Crippen LogP contribution in [0.3, 0.4) is 0 Å². The second kappa shape index (κ2) is 4.27. The van der Waals surface area contributed by atoms with Gasteiger partial charge in [-0.3, -0.25) is 4.79 Å². The van der Waals surface area contributed by atoms with E-state index in [1.165, 1.54) is 5.19 Å². The van der Waals surface area contributed by atoms with Gasteiger partial charge in [0.25, 0.3) is 5.24 Å². The van der Waals surface area contributed by atoms with Crippen LogP contribution in [0.1, 0.15) is 10.4 Å². The predicted molar refractivity (Wildman–Crippen MR) is 60.1 cm³/mol. The van der Waals surface area contributed by atoms with E-state index in [0.29, 0.717) is 10.6 Å². The topological polar surface area (TPSA) is 17.1 Å². The molecule has 0 aromatic heterocycles. The lowest BCUT2D eigenvalue weighted by atomic mass is 10.2. The third kappa shape index (κ3) is 2.56. The van der Waals surface area contributed by atoms with Crippen LogP contribution < -0.4 is 5.19 Å². The van der Waals surface area contributed by atoms with Gasteiger partial charge in [-0.15, -0.1) is 0 Å². The molecular weight excluding hydrogens is 223 g/mol. The molecule has 0 radical (unpaired) electrons. The maximum atomic E-state index is 10.8. The normalized spacial score (nSPS) is 10.5. The molecule has 0 aliphatic heterocycles. The van der Waals surface area contributed by atoms with Gasteiger partial charge in [0.1, 0.15) is 0 Å². The zero-order valence-corrected chi connectivity index (χ0v) is 10.1. The summed E-state index contributed by atoms with van der Waals surface area (Å²) in [6.07, 6.45) is 0. The van der Waals surface area contributed by atoms with E-state index in [1.807, 2.05) is 12.1 Å². The van der Waals surface area contributed by atoms with Crippen molar-refractivity contribution < 1.29 is 4.79 Å². The number of rotatable bonds is 2. The van der Waals surface area contributed by atoms with Crippen LogP contribution in [0.5, 0.6) is 0 Å². The molecule has 1 aromatic rings. The Labute approximate surface area is 89.3 Å². The fourth-order valence-corrected chi connectivity index (χ4v) is 2.62. The fraction of sp³-hybridized carbons (Fsp3) is 0.222. The molecule has 0 spiro atoms. The Kier molecular flexibility index (Phi) is 3.53. The van der Waals surface area contributed by atoms with E-state index in [1.54, 1.807) is 6.07 Å². The van der Waals surface area contributed by atoms with Crippen molar-refractivity contribution in [2.75, 3.05) is 0 Å². The van der Waals surface area contributed by atoms with Gasteiger partial charge in [0.2, 0.25) is 0 Å². The molecule has 1 aromatic carbocycles. The van der Waals surface area contributed by atoms with Crippen LogP contribution in [0, 0.1) is 0 Å². The van der Waals surface area contributed by atoms with Crippen LogP contribution in [0.2, 0.25) is 18.1 Å². The largest absolute Gasteiger partial charge is 0.276 e. The van der Waals surface area contributed by atoms with Crippen LogP contribution in [0.25, 0.3) is 0 Å². The van der Waals surface area contributed by atoms with Gasteiger partial charge in [-0.2, -0.15) is 0 Å². The smallest absolute Gasteiger partial charge is 0.253 e. The first-order chi connectivity index (χ1) is 6.02. The SMILES string of the molecule is C[SiH](C)c1ccc(C(=O)Cl)c(Cl)c1. The van der Waals surface area contributed by atoms with Crippen molar-refractivity contribution in [2.45, 2.75) is 13.1 Å². The van der Waals surface area contributed by atoms with Crippen molar-refractivity contribution in [2.24, 2.45) is 0 Å². The van der Waals surface area contributed by atoms with Crippen molar-refractivity contribution in [1.82, 2.24) is 0 Å². The lowest BCUT2D eigenvalue weighted by Gasteiger charge is -2.05. The van der Waals surface area contributed by atoms with Crippen LogP contribution >= 0.6 is 23.2 Å². The summed E-state index contributed by atoms with van der Waals surface area (Å²) in [5.41, 5.74) is 0.390. The summed E-state index contributed by atoms with van der Waals surface area (Å²) in [7, 11) is -0.848. The molecule has 0 bridgehead atoms. The Morgan fingerprint density at radius 1 is 1.38 bits per heavy atom. The van der Waals surface area contributed by atoms with E-state index in [4.69, 9.17) is 23.2 Å². The highest BCUT2D eigenvalue weighted by Crippen LogP contribution is 2.16. The van der Waals surface area contributed by atoms with E-state index in [9.17, 15) is 4.79 Å². The van der Waals surface area contributed by atoms with Crippen molar-refractivity contribution in [3.8, 4) is 0 Å². The number of halogens is 2. The third-order valence-corrected chi connectivity index (χ3v) is 4.08. The Morgan fingerprint density at radius 3 is 2.38 bits per heavy atom. The highest BCUT2D eigenvalue weighted by Gasteiger charge is 2.09.